The van der Waals surface area contributed by atoms with E-state index in [4.69, 9.17) is 4.52 Å². The maximum absolute atomic E-state index is 11.8. The quantitative estimate of drug-likeness (QED) is 0.481. The van der Waals surface area contributed by atoms with E-state index in [9.17, 15) is 4.57 Å². The van der Waals surface area contributed by atoms with Gasteiger partial charge in [0.05, 0.1) is 6.26 Å². The van der Waals surface area contributed by atoms with Crippen molar-refractivity contribution in [2.24, 2.45) is 0 Å². The fraction of sp³-hybridized carbons (Fsp3) is 0.667. The van der Waals surface area contributed by atoms with Crippen LogP contribution >= 0.6 is 7.67 Å². The summed E-state index contributed by atoms with van der Waals surface area (Å²) in [4.78, 5) is 0. The Bertz CT molecular complexity index is 167. The highest BCUT2D eigenvalue weighted by Gasteiger charge is 2.28. The first-order chi connectivity index (χ1) is 4.95. The fourth-order valence-electron chi connectivity index (χ4n) is 0.643. The molecule has 0 fully saturated rings. The molecule has 0 spiro atoms. The highest BCUT2D eigenvalue weighted by molar-refractivity contribution is 7.53. The fourth-order valence-corrected chi connectivity index (χ4v) is 1.93. The Labute approximate surface area is 68.0 Å². The molecule has 66 valence electrons. The Hall–Kier alpha value is -0.310. The Morgan fingerprint density at radius 2 is 1.64 bits per heavy atom. The first-order valence-electron chi connectivity index (χ1n) is 3.20. The maximum Gasteiger partial charge on any atom is 0.394 e. The van der Waals surface area contributed by atoms with Crippen molar-refractivity contribution >= 4 is 7.67 Å². The second kappa shape index (κ2) is 3.90. The molecule has 0 N–H and O–H groups in total. The van der Waals surface area contributed by atoms with E-state index in [-0.39, 0.29) is 0 Å². The predicted octanol–water partition coefficient (Wildman–Crippen LogP) is 1.38. The predicted molar refractivity (Wildman–Crippen MR) is 46.3 cm³/mol. The van der Waals surface area contributed by atoms with Crippen molar-refractivity contribution in [3.63, 3.8) is 0 Å². The zero-order valence-corrected chi connectivity index (χ0v) is 8.34. The van der Waals surface area contributed by atoms with Crippen LogP contribution in [0.3, 0.4) is 0 Å². The van der Waals surface area contributed by atoms with E-state index in [2.05, 4.69) is 6.58 Å². The van der Waals surface area contributed by atoms with Crippen molar-refractivity contribution in [1.29, 1.82) is 0 Å². The second-order valence-electron chi connectivity index (χ2n) is 2.46. The van der Waals surface area contributed by atoms with Crippen molar-refractivity contribution < 1.29 is 9.09 Å². The molecule has 0 rings (SSSR count). The van der Waals surface area contributed by atoms with Gasteiger partial charge < -0.3 is 4.52 Å². The van der Waals surface area contributed by atoms with Crippen LogP contribution in [0.2, 0.25) is 0 Å². The smallest absolute Gasteiger partial charge is 0.394 e. The molecule has 0 amide bonds. The van der Waals surface area contributed by atoms with Gasteiger partial charge in [-0.15, -0.1) is 0 Å². The molecule has 11 heavy (non-hydrogen) atoms. The van der Waals surface area contributed by atoms with E-state index < -0.39 is 7.67 Å². The van der Waals surface area contributed by atoms with Crippen LogP contribution < -0.4 is 0 Å². The third kappa shape index (κ3) is 2.33. The Kier molecular flexibility index (Phi) is 3.79. The van der Waals surface area contributed by atoms with Gasteiger partial charge in [-0.3, -0.25) is 0 Å². The van der Waals surface area contributed by atoms with Crippen LogP contribution in [0.1, 0.15) is 0 Å². The molecule has 0 radical (unpaired) electrons. The lowest BCUT2D eigenvalue weighted by Crippen LogP contribution is -2.21. The summed E-state index contributed by atoms with van der Waals surface area (Å²) in [6, 6.07) is 0. The SMILES string of the molecule is C=COP(=O)(N(C)C)N(C)C. The molecule has 0 unspecified atom stereocenters. The minimum Gasteiger partial charge on any atom is -0.430 e. The molecule has 0 aliphatic carbocycles. The van der Waals surface area contributed by atoms with Gasteiger partial charge in [-0.2, -0.15) is 0 Å². The molecule has 0 saturated carbocycles. The molecule has 0 aromatic rings. The van der Waals surface area contributed by atoms with E-state index in [0.717, 1.165) is 0 Å². The van der Waals surface area contributed by atoms with Gasteiger partial charge in [0.1, 0.15) is 0 Å². The molecule has 0 aromatic heterocycles. The van der Waals surface area contributed by atoms with Crippen molar-refractivity contribution in [3.8, 4) is 0 Å². The van der Waals surface area contributed by atoms with Crippen LogP contribution in [0.4, 0.5) is 0 Å². The first-order valence-corrected chi connectivity index (χ1v) is 4.73. The summed E-state index contributed by atoms with van der Waals surface area (Å²) in [6.45, 7) is 3.36. The van der Waals surface area contributed by atoms with Crippen molar-refractivity contribution in [2.75, 3.05) is 28.2 Å². The molecule has 0 aliphatic rings. The molecule has 0 bridgehead atoms. The number of hydrogen-bond acceptors (Lipinski definition) is 2. The van der Waals surface area contributed by atoms with E-state index in [1.807, 2.05) is 0 Å². The summed E-state index contributed by atoms with van der Waals surface area (Å²) in [5.41, 5.74) is 0. The number of nitrogens with zero attached hydrogens (tertiary/aromatic N) is 2. The second-order valence-corrected chi connectivity index (χ2v) is 5.25. The van der Waals surface area contributed by atoms with Gasteiger partial charge >= 0.3 is 7.67 Å². The zero-order chi connectivity index (χ0) is 9.07. The van der Waals surface area contributed by atoms with Gasteiger partial charge in [0, 0.05) is 0 Å². The molecule has 0 aliphatic heterocycles. The summed E-state index contributed by atoms with van der Waals surface area (Å²) in [5, 5.41) is 0. The topological polar surface area (TPSA) is 32.8 Å². The summed E-state index contributed by atoms with van der Waals surface area (Å²) in [7, 11) is 3.98. The Morgan fingerprint density at radius 3 is 1.73 bits per heavy atom. The normalized spacial score (nSPS) is 12.2. The Morgan fingerprint density at radius 1 is 1.27 bits per heavy atom. The molecule has 0 saturated heterocycles. The van der Waals surface area contributed by atoms with Gasteiger partial charge in [0.15, 0.2) is 0 Å². The van der Waals surface area contributed by atoms with Crippen LogP contribution in [0.5, 0.6) is 0 Å². The van der Waals surface area contributed by atoms with Crippen molar-refractivity contribution in [3.05, 3.63) is 12.8 Å². The monoisotopic (exact) mass is 178 g/mol. The molecule has 0 heterocycles. The zero-order valence-electron chi connectivity index (χ0n) is 7.44. The molecule has 5 heteroatoms. The molecule has 0 atom stereocenters. The van der Waals surface area contributed by atoms with Gasteiger partial charge in [-0.1, -0.05) is 6.58 Å². The number of hydrogen-bond donors (Lipinski definition) is 0. The third-order valence-electron chi connectivity index (χ3n) is 1.22. The summed E-state index contributed by atoms with van der Waals surface area (Å²) < 4.78 is 19.8. The minimum atomic E-state index is -2.81. The lowest BCUT2D eigenvalue weighted by atomic mass is 11.2. The average molecular weight is 178 g/mol. The standard InChI is InChI=1S/C6H15N2O2P/c1-6-10-11(9,7(2)3)8(4)5/h6H,1H2,2-5H3. The highest BCUT2D eigenvalue weighted by Crippen LogP contribution is 2.50. The van der Waals surface area contributed by atoms with Gasteiger partial charge in [0.2, 0.25) is 0 Å². The van der Waals surface area contributed by atoms with Crippen LogP contribution in [-0.2, 0) is 9.09 Å². The number of rotatable bonds is 4. The van der Waals surface area contributed by atoms with Crippen LogP contribution in [0.15, 0.2) is 12.8 Å². The van der Waals surface area contributed by atoms with Crippen molar-refractivity contribution in [1.82, 2.24) is 9.34 Å². The highest BCUT2D eigenvalue weighted by atomic mass is 31.2. The summed E-state index contributed by atoms with van der Waals surface area (Å²) in [5.74, 6) is 0. The third-order valence-corrected chi connectivity index (χ3v) is 3.67. The Balaban J connectivity index is 4.53. The summed E-state index contributed by atoms with van der Waals surface area (Å²) in [6.07, 6.45) is 1.20. The van der Waals surface area contributed by atoms with E-state index in [1.54, 1.807) is 28.2 Å². The van der Waals surface area contributed by atoms with Gasteiger partial charge in [-0.25, -0.2) is 13.9 Å². The first kappa shape index (κ1) is 10.7. The molecular formula is C6H15N2O2P. The molecule has 0 aromatic carbocycles. The molecule has 4 nitrogen and oxygen atoms in total. The van der Waals surface area contributed by atoms with Gasteiger partial charge in [0.25, 0.3) is 0 Å². The lowest BCUT2D eigenvalue weighted by Gasteiger charge is -2.27. The largest absolute Gasteiger partial charge is 0.430 e. The summed E-state index contributed by atoms with van der Waals surface area (Å²) >= 11 is 0. The van der Waals surface area contributed by atoms with Crippen LogP contribution in [0.25, 0.3) is 0 Å². The molecular weight excluding hydrogens is 163 g/mol. The van der Waals surface area contributed by atoms with E-state index in [1.165, 1.54) is 15.6 Å². The van der Waals surface area contributed by atoms with Gasteiger partial charge in [-0.05, 0) is 28.2 Å². The van der Waals surface area contributed by atoms with Crippen LogP contribution in [0, 0.1) is 0 Å². The van der Waals surface area contributed by atoms with E-state index in [0.29, 0.717) is 0 Å². The minimum absolute atomic E-state index is 1.20. The average Bonchev–Trinajstić information content (AvgIpc) is 1.87. The van der Waals surface area contributed by atoms with Crippen molar-refractivity contribution in [2.45, 2.75) is 0 Å². The maximum atomic E-state index is 11.8. The van der Waals surface area contributed by atoms with E-state index >= 15 is 0 Å². The van der Waals surface area contributed by atoms with Crippen LogP contribution in [-0.4, -0.2) is 37.5 Å². The lowest BCUT2D eigenvalue weighted by molar-refractivity contribution is 0.325.